The number of alkyl halides is 1. The molecule has 0 aromatic heterocycles. The SMILES string of the molecule is C/C=C/[C@H](O)[C@@H](Br)C(=O)OCc1ccccc1. The second kappa shape index (κ2) is 7.25. The molecule has 3 nitrogen and oxygen atoms in total. The van der Waals surface area contributed by atoms with Gasteiger partial charge in [0.05, 0.1) is 6.10 Å². The number of carbonyl (C=O) groups is 1. The van der Waals surface area contributed by atoms with Gasteiger partial charge in [0.15, 0.2) is 0 Å². The monoisotopic (exact) mass is 298 g/mol. The highest BCUT2D eigenvalue weighted by Gasteiger charge is 2.23. The minimum absolute atomic E-state index is 0.213. The Balaban J connectivity index is 2.44. The van der Waals surface area contributed by atoms with Gasteiger partial charge in [0, 0.05) is 0 Å². The summed E-state index contributed by atoms with van der Waals surface area (Å²) in [5.41, 5.74) is 0.918. The number of carbonyl (C=O) groups excluding carboxylic acids is 1. The minimum Gasteiger partial charge on any atom is -0.460 e. The molecule has 0 heterocycles. The molecule has 4 heteroatoms. The van der Waals surface area contributed by atoms with Gasteiger partial charge in [-0.15, -0.1) is 0 Å². The van der Waals surface area contributed by atoms with Crippen LogP contribution in [0.1, 0.15) is 12.5 Å². The Morgan fingerprint density at radius 2 is 2.12 bits per heavy atom. The molecule has 0 amide bonds. The first-order valence-electron chi connectivity index (χ1n) is 5.30. The van der Waals surface area contributed by atoms with Gasteiger partial charge in [-0.2, -0.15) is 0 Å². The van der Waals surface area contributed by atoms with Crippen molar-refractivity contribution >= 4 is 21.9 Å². The lowest BCUT2D eigenvalue weighted by molar-refractivity contribution is -0.145. The topological polar surface area (TPSA) is 46.5 Å². The highest BCUT2D eigenvalue weighted by molar-refractivity contribution is 9.10. The van der Waals surface area contributed by atoms with Gasteiger partial charge >= 0.3 is 5.97 Å². The van der Waals surface area contributed by atoms with Gasteiger partial charge in [-0.25, -0.2) is 0 Å². The molecule has 0 aliphatic carbocycles. The average molecular weight is 299 g/mol. The molecule has 0 spiro atoms. The molecule has 0 saturated heterocycles. The zero-order valence-electron chi connectivity index (χ0n) is 9.54. The number of hydrogen-bond donors (Lipinski definition) is 1. The smallest absolute Gasteiger partial charge is 0.323 e. The largest absolute Gasteiger partial charge is 0.460 e. The van der Waals surface area contributed by atoms with Gasteiger partial charge in [0.2, 0.25) is 0 Å². The van der Waals surface area contributed by atoms with Crippen LogP contribution < -0.4 is 0 Å². The van der Waals surface area contributed by atoms with Crippen LogP contribution in [0.5, 0.6) is 0 Å². The maximum Gasteiger partial charge on any atom is 0.323 e. The van der Waals surface area contributed by atoms with E-state index in [0.29, 0.717) is 0 Å². The zero-order chi connectivity index (χ0) is 12.7. The minimum atomic E-state index is -0.872. The number of allylic oxidation sites excluding steroid dienone is 1. The van der Waals surface area contributed by atoms with E-state index in [1.54, 1.807) is 13.0 Å². The van der Waals surface area contributed by atoms with Crippen LogP contribution in [-0.2, 0) is 16.1 Å². The fraction of sp³-hybridized carbons (Fsp3) is 0.308. The molecule has 17 heavy (non-hydrogen) atoms. The summed E-state index contributed by atoms with van der Waals surface area (Å²) in [5, 5.41) is 9.55. The van der Waals surface area contributed by atoms with Crippen molar-refractivity contribution in [1.29, 1.82) is 0 Å². The van der Waals surface area contributed by atoms with Crippen molar-refractivity contribution in [2.24, 2.45) is 0 Å². The molecule has 0 saturated carbocycles. The number of aliphatic hydroxyl groups is 1. The maximum absolute atomic E-state index is 11.6. The lowest BCUT2D eigenvalue weighted by Crippen LogP contribution is -2.28. The Labute approximate surface area is 109 Å². The van der Waals surface area contributed by atoms with E-state index in [9.17, 15) is 9.90 Å². The molecule has 0 aliphatic rings. The normalized spacial score (nSPS) is 14.5. The van der Waals surface area contributed by atoms with Crippen molar-refractivity contribution in [3.63, 3.8) is 0 Å². The Morgan fingerprint density at radius 1 is 1.47 bits per heavy atom. The number of rotatable bonds is 5. The van der Waals surface area contributed by atoms with Crippen LogP contribution in [0.25, 0.3) is 0 Å². The fourth-order valence-electron chi connectivity index (χ4n) is 1.24. The van der Waals surface area contributed by atoms with Gasteiger partial charge in [-0.1, -0.05) is 58.4 Å². The predicted molar refractivity (Wildman–Crippen MR) is 69.8 cm³/mol. The molecule has 0 bridgehead atoms. The van der Waals surface area contributed by atoms with Gasteiger partial charge in [0.1, 0.15) is 11.4 Å². The standard InChI is InChI=1S/C13H15BrO3/c1-2-6-11(15)12(14)13(16)17-9-10-7-4-3-5-8-10/h2-8,11-12,15H,9H2,1H3/b6-2+/t11-,12+/m0/s1. The summed E-state index contributed by atoms with van der Waals surface area (Å²) in [6.45, 7) is 1.99. The lowest BCUT2D eigenvalue weighted by Gasteiger charge is -2.13. The summed E-state index contributed by atoms with van der Waals surface area (Å²) in [6.07, 6.45) is 2.34. The van der Waals surface area contributed by atoms with Crippen molar-refractivity contribution in [1.82, 2.24) is 0 Å². The number of aliphatic hydroxyl groups excluding tert-OH is 1. The van der Waals surface area contributed by atoms with E-state index in [1.165, 1.54) is 6.08 Å². The molecule has 1 aromatic rings. The Kier molecular flexibility index (Phi) is 5.94. The second-order valence-electron chi connectivity index (χ2n) is 3.51. The molecular formula is C13H15BrO3. The van der Waals surface area contributed by atoms with Crippen LogP contribution in [0, 0.1) is 0 Å². The first-order valence-corrected chi connectivity index (χ1v) is 6.22. The summed E-state index contributed by atoms with van der Waals surface area (Å²) in [7, 11) is 0. The summed E-state index contributed by atoms with van der Waals surface area (Å²) in [6, 6.07) is 9.40. The lowest BCUT2D eigenvalue weighted by atomic mass is 10.2. The molecule has 0 fully saturated rings. The number of halogens is 1. The maximum atomic E-state index is 11.6. The molecule has 2 atom stereocenters. The van der Waals surface area contributed by atoms with Crippen molar-refractivity contribution in [2.45, 2.75) is 24.5 Å². The highest BCUT2D eigenvalue weighted by atomic mass is 79.9. The first-order chi connectivity index (χ1) is 8.15. The van der Waals surface area contributed by atoms with Crippen LogP contribution in [0.2, 0.25) is 0 Å². The Bertz CT molecular complexity index is 376. The second-order valence-corrected chi connectivity index (χ2v) is 4.50. The summed E-state index contributed by atoms with van der Waals surface area (Å²) < 4.78 is 5.08. The van der Waals surface area contributed by atoms with Gasteiger partial charge < -0.3 is 9.84 Å². The van der Waals surface area contributed by atoms with Crippen LogP contribution in [0.15, 0.2) is 42.5 Å². The molecule has 1 aromatic carbocycles. The summed E-state index contributed by atoms with van der Waals surface area (Å²) in [5.74, 6) is -0.473. The van der Waals surface area contributed by atoms with Crippen LogP contribution >= 0.6 is 15.9 Å². The molecule has 1 rings (SSSR count). The summed E-state index contributed by atoms with van der Waals surface area (Å²) in [4.78, 5) is 10.8. The number of benzene rings is 1. The first kappa shape index (κ1) is 13.9. The fourth-order valence-corrected chi connectivity index (χ4v) is 1.55. The predicted octanol–water partition coefficient (Wildman–Crippen LogP) is 2.43. The molecular weight excluding hydrogens is 284 g/mol. The van der Waals surface area contributed by atoms with Gasteiger partial charge in [-0.3, -0.25) is 4.79 Å². The zero-order valence-corrected chi connectivity index (χ0v) is 11.1. The quantitative estimate of drug-likeness (QED) is 0.516. The number of esters is 1. The Hall–Kier alpha value is -1.13. The van der Waals surface area contributed by atoms with Gasteiger partial charge in [-0.05, 0) is 12.5 Å². The number of ether oxygens (including phenoxy) is 1. The molecule has 0 radical (unpaired) electrons. The van der Waals surface area contributed by atoms with Crippen LogP contribution in [0.3, 0.4) is 0 Å². The third kappa shape index (κ3) is 4.71. The van der Waals surface area contributed by atoms with E-state index in [4.69, 9.17) is 4.74 Å². The molecule has 0 unspecified atom stereocenters. The van der Waals surface area contributed by atoms with Crippen molar-refractivity contribution < 1.29 is 14.6 Å². The Morgan fingerprint density at radius 3 is 2.71 bits per heavy atom. The molecule has 0 aliphatic heterocycles. The van der Waals surface area contributed by atoms with Crippen molar-refractivity contribution in [3.05, 3.63) is 48.0 Å². The van der Waals surface area contributed by atoms with E-state index in [-0.39, 0.29) is 6.61 Å². The van der Waals surface area contributed by atoms with E-state index in [1.807, 2.05) is 30.3 Å². The average Bonchev–Trinajstić information content (AvgIpc) is 2.36. The van der Waals surface area contributed by atoms with E-state index in [0.717, 1.165) is 5.56 Å². The molecule has 92 valence electrons. The van der Waals surface area contributed by atoms with E-state index >= 15 is 0 Å². The highest BCUT2D eigenvalue weighted by Crippen LogP contribution is 2.11. The summed E-state index contributed by atoms with van der Waals surface area (Å²) >= 11 is 3.11. The molecule has 1 N–H and O–H groups in total. The van der Waals surface area contributed by atoms with E-state index < -0.39 is 16.9 Å². The number of hydrogen-bond acceptors (Lipinski definition) is 3. The van der Waals surface area contributed by atoms with Crippen LogP contribution in [0.4, 0.5) is 0 Å². The van der Waals surface area contributed by atoms with Gasteiger partial charge in [0.25, 0.3) is 0 Å². The third-order valence-corrected chi connectivity index (χ3v) is 3.05. The van der Waals surface area contributed by atoms with Crippen molar-refractivity contribution in [2.75, 3.05) is 0 Å². The van der Waals surface area contributed by atoms with Crippen LogP contribution in [-0.4, -0.2) is 22.0 Å². The third-order valence-electron chi connectivity index (χ3n) is 2.14. The van der Waals surface area contributed by atoms with E-state index in [2.05, 4.69) is 15.9 Å². The van der Waals surface area contributed by atoms with Crippen molar-refractivity contribution in [3.8, 4) is 0 Å².